The molecule has 0 unspecified atom stereocenters. The highest BCUT2D eigenvalue weighted by molar-refractivity contribution is 5.78. The molecule has 1 fully saturated rings. The van der Waals surface area contributed by atoms with Crippen LogP contribution >= 0.6 is 0 Å². The maximum atomic E-state index is 12.6. The Morgan fingerprint density at radius 2 is 1.93 bits per heavy atom. The summed E-state index contributed by atoms with van der Waals surface area (Å²) in [6.07, 6.45) is 0.845. The van der Waals surface area contributed by atoms with Gasteiger partial charge >= 0.3 is 0 Å². The van der Waals surface area contributed by atoms with Crippen molar-refractivity contribution in [3.05, 3.63) is 41.6 Å². The molecule has 148 valence electrons. The van der Waals surface area contributed by atoms with Crippen LogP contribution in [-0.2, 0) is 11.2 Å². The molecule has 2 aliphatic rings. The second kappa shape index (κ2) is 7.30. The Hall–Kier alpha value is -2.83. The highest BCUT2D eigenvalue weighted by Gasteiger charge is 2.32. The largest absolute Gasteiger partial charge is 0.483 e. The lowest BCUT2D eigenvalue weighted by molar-refractivity contribution is -0.133. The first-order chi connectivity index (χ1) is 13.4. The Bertz CT molecular complexity index is 858. The third kappa shape index (κ3) is 3.88. The van der Waals surface area contributed by atoms with Crippen molar-refractivity contribution in [3.8, 4) is 11.5 Å². The van der Waals surface area contributed by atoms with Crippen LogP contribution in [0.5, 0.6) is 11.5 Å². The van der Waals surface area contributed by atoms with Crippen molar-refractivity contribution in [2.45, 2.75) is 32.8 Å². The van der Waals surface area contributed by atoms with E-state index in [0.717, 1.165) is 42.3 Å². The fourth-order valence-corrected chi connectivity index (χ4v) is 3.68. The lowest BCUT2D eigenvalue weighted by atomic mass is 10.0. The van der Waals surface area contributed by atoms with Gasteiger partial charge in [0.25, 0.3) is 5.91 Å². The highest BCUT2D eigenvalue weighted by atomic mass is 16.5. The molecule has 7 heteroatoms. The van der Waals surface area contributed by atoms with Gasteiger partial charge in [-0.05, 0) is 39.0 Å². The molecule has 0 saturated carbocycles. The van der Waals surface area contributed by atoms with E-state index in [2.05, 4.69) is 28.9 Å². The first kappa shape index (κ1) is 18.5. The Labute approximate surface area is 165 Å². The molecule has 1 aromatic heterocycles. The lowest BCUT2D eigenvalue weighted by Crippen LogP contribution is -2.50. The van der Waals surface area contributed by atoms with Crippen molar-refractivity contribution < 1.29 is 14.3 Å². The fourth-order valence-electron chi connectivity index (χ4n) is 3.68. The molecule has 2 aromatic rings. The van der Waals surface area contributed by atoms with Crippen LogP contribution in [0.4, 0.5) is 5.82 Å². The zero-order valence-electron chi connectivity index (χ0n) is 16.6. The number of piperazine rings is 1. The first-order valence-electron chi connectivity index (χ1n) is 9.68. The summed E-state index contributed by atoms with van der Waals surface area (Å²) in [5, 5.41) is 8.33. The molecule has 1 saturated heterocycles. The minimum absolute atomic E-state index is 0.00972. The van der Waals surface area contributed by atoms with Gasteiger partial charge in [0.1, 0.15) is 5.60 Å². The Morgan fingerprint density at radius 3 is 2.64 bits per heavy atom. The quantitative estimate of drug-likeness (QED) is 0.808. The number of hydrogen-bond donors (Lipinski definition) is 0. The van der Waals surface area contributed by atoms with Gasteiger partial charge in [-0.2, -0.15) is 5.10 Å². The number of carbonyl (C=O) groups excluding carboxylic acids is 1. The van der Waals surface area contributed by atoms with Crippen LogP contribution in [0.1, 0.15) is 25.1 Å². The number of aromatic nitrogens is 2. The third-order valence-corrected chi connectivity index (χ3v) is 5.15. The van der Waals surface area contributed by atoms with E-state index in [-0.39, 0.29) is 18.1 Å². The number of para-hydroxylation sites is 1. The number of hydrogen-bond acceptors (Lipinski definition) is 6. The number of amides is 1. The maximum Gasteiger partial charge on any atom is 0.260 e. The number of ether oxygens (including phenoxy) is 2. The van der Waals surface area contributed by atoms with E-state index < -0.39 is 0 Å². The van der Waals surface area contributed by atoms with Gasteiger partial charge < -0.3 is 19.3 Å². The second-order valence-electron chi connectivity index (χ2n) is 7.97. The van der Waals surface area contributed by atoms with Crippen molar-refractivity contribution >= 4 is 11.7 Å². The number of benzene rings is 1. The predicted octanol–water partition coefficient (Wildman–Crippen LogP) is 2.23. The van der Waals surface area contributed by atoms with E-state index in [0.29, 0.717) is 18.8 Å². The second-order valence-corrected chi connectivity index (χ2v) is 7.97. The van der Waals surface area contributed by atoms with Crippen molar-refractivity contribution in [3.63, 3.8) is 0 Å². The topological polar surface area (TPSA) is 67.8 Å². The third-order valence-electron chi connectivity index (χ3n) is 5.15. The smallest absolute Gasteiger partial charge is 0.260 e. The molecular formula is C21H26N4O3. The predicted molar refractivity (Wildman–Crippen MR) is 106 cm³/mol. The molecule has 0 bridgehead atoms. The Morgan fingerprint density at radius 1 is 1.14 bits per heavy atom. The van der Waals surface area contributed by atoms with E-state index in [1.807, 2.05) is 42.2 Å². The highest BCUT2D eigenvalue weighted by Crippen LogP contribution is 2.41. The molecule has 0 radical (unpaired) electrons. The Kier molecular flexibility index (Phi) is 4.83. The van der Waals surface area contributed by atoms with Crippen LogP contribution in [0.3, 0.4) is 0 Å². The number of nitrogens with zero attached hydrogens (tertiary/aromatic N) is 4. The van der Waals surface area contributed by atoms with E-state index >= 15 is 0 Å². The van der Waals surface area contributed by atoms with E-state index in [1.165, 1.54) is 0 Å². The van der Waals surface area contributed by atoms with Crippen LogP contribution in [0, 0.1) is 6.92 Å². The minimum Gasteiger partial charge on any atom is -0.483 e. The summed E-state index contributed by atoms with van der Waals surface area (Å²) in [5.74, 6) is 2.26. The van der Waals surface area contributed by atoms with Gasteiger partial charge in [0.15, 0.2) is 23.9 Å². The lowest BCUT2D eigenvalue weighted by Gasteiger charge is -2.35. The average molecular weight is 382 g/mol. The average Bonchev–Trinajstić information content (AvgIpc) is 3.01. The molecule has 0 atom stereocenters. The van der Waals surface area contributed by atoms with Crippen LogP contribution in [0.2, 0.25) is 0 Å². The van der Waals surface area contributed by atoms with Crippen molar-refractivity contribution in [1.82, 2.24) is 15.1 Å². The summed E-state index contributed by atoms with van der Waals surface area (Å²) >= 11 is 0. The summed E-state index contributed by atoms with van der Waals surface area (Å²) in [5.41, 5.74) is 1.79. The van der Waals surface area contributed by atoms with Gasteiger partial charge in [-0.15, -0.1) is 5.10 Å². The molecule has 2 aliphatic heterocycles. The monoisotopic (exact) mass is 382 g/mol. The van der Waals surface area contributed by atoms with Gasteiger partial charge in [-0.3, -0.25) is 4.79 Å². The van der Waals surface area contributed by atoms with Crippen LogP contribution in [0.25, 0.3) is 0 Å². The zero-order chi connectivity index (χ0) is 19.7. The molecule has 28 heavy (non-hydrogen) atoms. The fraction of sp³-hybridized carbons (Fsp3) is 0.476. The van der Waals surface area contributed by atoms with E-state index in [4.69, 9.17) is 9.47 Å². The molecule has 1 amide bonds. The molecular weight excluding hydrogens is 356 g/mol. The van der Waals surface area contributed by atoms with Crippen LogP contribution < -0.4 is 14.4 Å². The van der Waals surface area contributed by atoms with Gasteiger partial charge in [-0.25, -0.2) is 0 Å². The van der Waals surface area contributed by atoms with E-state index in [9.17, 15) is 4.79 Å². The zero-order valence-corrected chi connectivity index (χ0v) is 16.6. The number of anilines is 1. The summed E-state index contributed by atoms with van der Waals surface area (Å²) in [6.45, 7) is 8.82. The normalized spacial score (nSPS) is 17.8. The van der Waals surface area contributed by atoms with Crippen LogP contribution in [-0.4, -0.2) is 59.4 Å². The minimum atomic E-state index is -0.235. The molecule has 4 rings (SSSR count). The van der Waals surface area contributed by atoms with Crippen molar-refractivity contribution in [2.24, 2.45) is 0 Å². The maximum absolute atomic E-state index is 12.6. The number of carbonyl (C=O) groups is 1. The van der Waals surface area contributed by atoms with Gasteiger partial charge in [0.2, 0.25) is 0 Å². The summed E-state index contributed by atoms with van der Waals surface area (Å²) in [4.78, 5) is 16.6. The molecule has 0 N–H and O–H groups in total. The van der Waals surface area contributed by atoms with Crippen LogP contribution in [0.15, 0.2) is 30.3 Å². The molecule has 7 nitrogen and oxygen atoms in total. The number of aryl methyl sites for hydroxylation is 1. The first-order valence-corrected chi connectivity index (χ1v) is 9.68. The number of rotatable bonds is 4. The van der Waals surface area contributed by atoms with E-state index in [1.54, 1.807) is 0 Å². The molecule has 0 aliphatic carbocycles. The molecule has 1 aromatic carbocycles. The number of fused-ring (bicyclic) bond motifs is 1. The van der Waals surface area contributed by atoms with Gasteiger partial charge in [0.05, 0.1) is 5.69 Å². The van der Waals surface area contributed by atoms with Gasteiger partial charge in [0, 0.05) is 38.2 Å². The molecule has 3 heterocycles. The Balaban J connectivity index is 1.31. The molecule has 0 spiro atoms. The summed E-state index contributed by atoms with van der Waals surface area (Å²) in [6, 6.07) is 9.79. The van der Waals surface area contributed by atoms with Crippen molar-refractivity contribution in [1.29, 1.82) is 0 Å². The standard InChI is InChI=1S/C21H26N4O3/c1-15-7-8-18(23-22-15)24-9-11-25(12-10-24)19(26)14-27-17-6-4-5-16-13-21(2,3)28-20(16)17/h4-8H,9-14H2,1-3H3. The summed E-state index contributed by atoms with van der Waals surface area (Å²) < 4.78 is 11.8. The SMILES string of the molecule is Cc1ccc(N2CCN(C(=O)COc3cccc4c3OC(C)(C)C4)CC2)nn1. The van der Waals surface area contributed by atoms with Gasteiger partial charge in [-0.1, -0.05) is 12.1 Å². The van der Waals surface area contributed by atoms with Crippen molar-refractivity contribution in [2.75, 3.05) is 37.7 Å². The summed E-state index contributed by atoms with van der Waals surface area (Å²) in [7, 11) is 0.